The summed E-state index contributed by atoms with van der Waals surface area (Å²) < 4.78 is 18.8. The van der Waals surface area contributed by atoms with Crippen LogP contribution in [0.15, 0.2) is 54.7 Å². The Bertz CT molecular complexity index is 889. The summed E-state index contributed by atoms with van der Waals surface area (Å²) in [5.74, 6) is 0.0334. The molecule has 1 unspecified atom stereocenters. The predicted octanol–water partition coefficient (Wildman–Crippen LogP) is 2.59. The molecule has 3 rings (SSSR count). The van der Waals surface area contributed by atoms with Crippen molar-refractivity contribution < 1.29 is 18.8 Å². The number of rotatable bonds is 3. The molecular formula is C15H13N2O4P. The highest BCUT2D eigenvalue weighted by Gasteiger charge is 2.24. The van der Waals surface area contributed by atoms with Gasteiger partial charge in [-0.15, -0.1) is 0 Å². The molecule has 0 fully saturated rings. The normalized spacial score (nSPS) is 13.7. The molecule has 22 heavy (non-hydrogen) atoms. The zero-order valence-corrected chi connectivity index (χ0v) is 12.6. The second kappa shape index (κ2) is 5.40. The lowest BCUT2D eigenvalue weighted by Gasteiger charge is -2.13. The number of benzene rings is 2. The van der Waals surface area contributed by atoms with Crippen LogP contribution in [0, 0.1) is 0 Å². The number of carbonyl (C=O) groups excluding carboxylic acids is 1. The van der Waals surface area contributed by atoms with Gasteiger partial charge in [0.15, 0.2) is 0 Å². The number of nitrogens with zero attached hydrogens (tertiary/aromatic N) is 2. The average molecular weight is 316 g/mol. The van der Waals surface area contributed by atoms with Gasteiger partial charge in [0.1, 0.15) is 5.75 Å². The van der Waals surface area contributed by atoms with E-state index in [2.05, 4.69) is 5.10 Å². The highest BCUT2D eigenvalue weighted by Crippen LogP contribution is 2.42. The molecule has 0 spiro atoms. The third-order valence-electron chi connectivity index (χ3n) is 3.15. The molecule has 0 aliphatic carbocycles. The molecule has 1 N–H and O–H groups in total. The standard InChI is InChI=1S/C15H13N2O4P/c1-11(18)17-15-8-7-13(9-12(15)10-16-17)21-22(19,20)14-5-3-2-4-6-14/h2-10H,1H3,(H,19,20). The Morgan fingerprint density at radius 1 is 1.23 bits per heavy atom. The van der Waals surface area contributed by atoms with Gasteiger partial charge in [-0.3, -0.25) is 4.79 Å². The van der Waals surface area contributed by atoms with Crippen LogP contribution in [0.3, 0.4) is 0 Å². The van der Waals surface area contributed by atoms with Crippen molar-refractivity contribution in [1.29, 1.82) is 0 Å². The van der Waals surface area contributed by atoms with Crippen molar-refractivity contribution in [3.63, 3.8) is 0 Å². The molecule has 0 radical (unpaired) electrons. The summed E-state index contributed by atoms with van der Waals surface area (Å²) in [5, 5.41) is 4.84. The molecule has 0 aliphatic rings. The van der Waals surface area contributed by atoms with E-state index in [0.717, 1.165) is 0 Å². The molecule has 0 bridgehead atoms. The largest absolute Gasteiger partial charge is 0.421 e. The van der Waals surface area contributed by atoms with E-state index in [4.69, 9.17) is 4.52 Å². The fourth-order valence-corrected chi connectivity index (χ4v) is 3.18. The summed E-state index contributed by atoms with van der Waals surface area (Å²) in [5.41, 5.74) is 0.618. The smallest absolute Gasteiger partial charge is 0.408 e. The molecule has 1 heterocycles. The molecule has 7 heteroatoms. The van der Waals surface area contributed by atoms with Crippen LogP contribution in [0.4, 0.5) is 0 Å². The van der Waals surface area contributed by atoms with Crippen LogP contribution in [-0.4, -0.2) is 20.6 Å². The minimum Gasteiger partial charge on any atom is -0.421 e. The lowest BCUT2D eigenvalue weighted by atomic mass is 10.2. The number of hydrogen-bond donors (Lipinski definition) is 1. The SMILES string of the molecule is CC(=O)n1ncc2cc(OP(=O)(O)c3ccccc3)ccc21. The third kappa shape index (κ3) is 2.66. The van der Waals surface area contributed by atoms with Crippen molar-refractivity contribution in [2.24, 2.45) is 0 Å². The first kappa shape index (κ1) is 14.5. The fraction of sp³-hybridized carbons (Fsp3) is 0.0667. The van der Waals surface area contributed by atoms with E-state index in [1.54, 1.807) is 30.3 Å². The third-order valence-corrected chi connectivity index (χ3v) is 4.56. The van der Waals surface area contributed by atoms with Crippen molar-refractivity contribution in [2.45, 2.75) is 6.92 Å². The molecule has 112 valence electrons. The fourth-order valence-electron chi connectivity index (χ4n) is 2.13. The van der Waals surface area contributed by atoms with Crippen LogP contribution in [-0.2, 0) is 4.57 Å². The van der Waals surface area contributed by atoms with Gasteiger partial charge in [-0.2, -0.15) is 5.10 Å². The topological polar surface area (TPSA) is 81.4 Å². The Hall–Kier alpha value is -2.43. The lowest BCUT2D eigenvalue weighted by molar-refractivity contribution is 0.0926. The van der Waals surface area contributed by atoms with E-state index < -0.39 is 7.60 Å². The molecule has 0 saturated heterocycles. The second-order valence-electron chi connectivity index (χ2n) is 4.74. The maximum absolute atomic E-state index is 12.3. The van der Waals surface area contributed by atoms with Crippen molar-refractivity contribution in [2.75, 3.05) is 0 Å². The Labute approximate surface area is 126 Å². The lowest BCUT2D eigenvalue weighted by Crippen LogP contribution is -2.08. The maximum Gasteiger partial charge on any atom is 0.408 e. The van der Waals surface area contributed by atoms with Crippen LogP contribution in [0.2, 0.25) is 0 Å². The number of carbonyl (C=O) groups is 1. The van der Waals surface area contributed by atoms with Gasteiger partial charge in [0, 0.05) is 12.3 Å². The highest BCUT2D eigenvalue weighted by atomic mass is 31.2. The zero-order valence-electron chi connectivity index (χ0n) is 11.7. The molecule has 0 aliphatic heterocycles. The minimum absolute atomic E-state index is 0.208. The van der Waals surface area contributed by atoms with E-state index >= 15 is 0 Å². The Morgan fingerprint density at radius 2 is 1.95 bits per heavy atom. The zero-order chi connectivity index (χ0) is 15.7. The first-order valence-corrected chi connectivity index (χ1v) is 8.12. The summed E-state index contributed by atoms with van der Waals surface area (Å²) in [7, 11) is -3.95. The first-order valence-electron chi connectivity index (χ1n) is 6.54. The number of fused-ring (bicyclic) bond motifs is 1. The van der Waals surface area contributed by atoms with E-state index in [-0.39, 0.29) is 17.0 Å². The Morgan fingerprint density at radius 3 is 2.64 bits per heavy atom. The first-order chi connectivity index (χ1) is 10.5. The Balaban J connectivity index is 1.95. The molecule has 0 amide bonds. The van der Waals surface area contributed by atoms with Crippen LogP contribution >= 0.6 is 7.60 Å². The summed E-state index contributed by atoms with van der Waals surface area (Å²) >= 11 is 0. The summed E-state index contributed by atoms with van der Waals surface area (Å²) in [6, 6.07) is 12.9. The molecular weight excluding hydrogens is 303 g/mol. The van der Waals surface area contributed by atoms with Gasteiger partial charge < -0.3 is 9.42 Å². The molecule has 1 atom stereocenters. The van der Waals surface area contributed by atoms with Crippen molar-refractivity contribution in [1.82, 2.24) is 9.78 Å². The number of aromatic nitrogens is 2. The molecule has 3 aromatic rings. The molecule has 1 aromatic heterocycles. The van der Waals surface area contributed by atoms with E-state index in [0.29, 0.717) is 10.9 Å². The second-order valence-corrected chi connectivity index (χ2v) is 6.48. The summed E-state index contributed by atoms with van der Waals surface area (Å²) in [6.45, 7) is 1.41. The molecule has 0 saturated carbocycles. The van der Waals surface area contributed by atoms with E-state index in [1.165, 1.54) is 36.0 Å². The van der Waals surface area contributed by atoms with Gasteiger partial charge in [-0.25, -0.2) is 9.25 Å². The molecule has 6 nitrogen and oxygen atoms in total. The van der Waals surface area contributed by atoms with Crippen molar-refractivity contribution in [3.05, 3.63) is 54.7 Å². The maximum atomic E-state index is 12.3. The van der Waals surface area contributed by atoms with Crippen LogP contribution in [0.1, 0.15) is 11.7 Å². The van der Waals surface area contributed by atoms with Gasteiger partial charge in [-0.05, 0) is 30.3 Å². The van der Waals surface area contributed by atoms with Gasteiger partial charge in [-0.1, -0.05) is 18.2 Å². The van der Waals surface area contributed by atoms with E-state index in [9.17, 15) is 14.3 Å². The monoisotopic (exact) mass is 316 g/mol. The average Bonchev–Trinajstić information content (AvgIpc) is 2.91. The van der Waals surface area contributed by atoms with Crippen molar-refractivity contribution >= 4 is 29.7 Å². The van der Waals surface area contributed by atoms with Gasteiger partial charge in [0.25, 0.3) is 0 Å². The quantitative estimate of drug-likeness (QED) is 0.751. The van der Waals surface area contributed by atoms with Crippen LogP contribution < -0.4 is 9.83 Å². The van der Waals surface area contributed by atoms with Crippen LogP contribution in [0.5, 0.6) is 5.75 Å². The van der Waals surface area contributed by atoms with Gasteiger partial charge in [0.2, 0.25) is 5.91 Å². The summed E-state index contributed by atoms with van der Waals surface area (Å²) in [4.78, 5) is 21.5. The van der Waals surface area contributed by atoms with Crippen LogP contribution in [0.25, 0.3) is 10.9 Å². The molecule has 2 aromatic carbocycles. The number of hydrogen-bond acceptors (Lipinski definition) is 4. The highest BCUT2D eigenvalue weighted by molar-refractivity contribution is 7.61. The van der Waals surface area contributed by atoms with E-state index in [1.807, 2.05) is 0 Å². The van der Waals surface area contributed by atoms with Gasteiger partial charge >= 0.3 is 7.60 Å². The minimum atomic E-state index is -3.95. The Kier molecular flexibility index (Phi) is 3.56. The van der Waals surface area contributed by atoms with Gasteiger partial charge in [0.05, 0.1) is 17.0 Å². The predicted molar refractivity (Wildman–Crippen MR) is 82.6 cm³/mol. The van der Waals surface area contributed by atoms with Crippen molar-refractivity contribution in [3.8, 4) is 5.75 Å². The summed E-state index contributed by atoms with van der Waals surface area (Å²) in [6.07, 6.45) is 1.51.